The van der Waals surface area contributed by atoms with Crippen LogP contribution in [0.1, 0.15) is 36.5 Å². The molecule has 0 saturated carbocycles. The summed E-state index contributed by atoms with van der Waals surface area (Å²) in [5.74, 6) is -0.183. The molecule has 0 aliphatic carbocycles. The first-order valence-corrected chi connectivity index (χ1v) is 6.47. The molecule has 0 fully saturated rings. The van der Waals surface area contributed by atoms with Gasteiger partial charge in [-0.05, 0) is 59.7 Å². The van der Waals surface area contributed by atoms with Gasteiger partial charge in [-0.1, -0.05) is 32.0 Å². The largest absolute Gasteiger partial charge is 0.207 e. The van der Waals surface area contributed by atoms with Crippen LogP contribution in [0.5, 0.6) is 0 Å². The lowest BCUT2D eigenvalue weighted by molar-refractivity contribution is 0.604. The average molecular weight is 260 g/mol. The summed E-state index contributed by atoms with van der Waals surface area (Å²) >= 11 is 0. The minimum Gasteiger partial charge on any atom is -0.207 e. The van der Waals surface area contributed by atoms with Gasteiger partial charge in [0.25, 0.3) is 0 Å². The predicted octanol–water partition coefficient (Wildman–Crippen LogP) is 5.37. The minimum atomic E-state index is -0.280. The molecular formula is C17H18F2. The molecule has 2 heteroatoms. The van der Waals surface area contributed by atoms with Crippen LogP contribution in [0.4, 0.5) is 8.78 Å². The first kappa shape index (κ1) is 13.7. The minimum absolute atomic E-state index is 0.162. The molecular weight excluding hydrogens is 242 g/mol. The van der Waals surface area contributed by atoms with Gasteiger partial charge in [-0.15, -0.1) is 0 Å². The van der Waals surface area contributed by atoms with Crippen LogP contribution in [0.25, 0.3) is 11.1 Å². The van der Waals surface area contributed by atoms with E-state index in [4.69, 9.17) is 0 Å². The quantitative estimate of drug-likeness (QED) is 0.680. The Balaban J connectivity index is 2.66. The number of benzene rings is 2. The van der Waals surface area contributed by atoms with E-state index in [2.05, 4.69) is 0 Å². The van der Waals surface area contributed by atoms with Crippen molar-refractivity contribution in [3.05, 3.63) is 58.7 Å². The van der Waals surface area contributed by atoms with Crippen LogP contribution in [0, 0.1) is 25.5 Å². The molecule has 0 atom stereocenters. The normalized spacial score (nSPS) is 11.1. The summed E-state index contributed by atoms with van der Waals surface area (Å²) in [6.45, 7) is 7.67. The fraction of sp³-hybridized carbons (Fsp3) is 0.294. The molecule has 0 amide bonds. The molecule has 19 heavy (non-hydrogen) atoms. The molecule has 0 aliphatic heterocycles. The molecule has 0 radical (unpaired) electrons. The number of rotatable bonds is 2. The van der Waals surface area contributed by atoms with Gasteiger partial charge in [0.1, 0.15) is 11.6 Å². The molecule has 100 valence electrons. The highest BCUT2D eigenvalue weighted by Crippen LogP contribution is 2.32. The zero-order valence-electron chi connectivity index (χ0n) is 11.7. The average Bonchev–Trinajstić information content (AvgIpc) is 2.37. The molecule has 0 nitrogen and oxygen atoms in total. The Morgan fingerprint density at radius 1 is 0.895 bits per heavy atom. The first-order chi connectivity index (χ1) is 8.91. The van der Waals surface area contributed by atoms with Crippen LogP contribution in [0.3, 0.4) is 0 Å². The van der Waals surface area contributed by atoms with Crippen LogP contribution in [0.2, 0.25) is 0 Å². The summed E-state index contributed by atoms with van der Waals surface area (Å²) in [5.41, 5.74) is 4.01. The standard InChI is InChI=1S/C17H18F2/c1-10(2)15-9-16(12(4)17(19)11(15)3)13-5-7-14(18)8-6-13/h5-10H,1-4H3. The van der Waals surface area contributed by atoms with Crippen LogP contribution >= 0.6 is 0 Å². The third-order valence-electron chi connectivity index (χ3n) is 3.57. The van der Waals surface area contributed by atoms with E-state index in [1.165, 1.54) is 12.1 Å². The van der Waals surface area contributed by atoms with Crippen molar-refractivity contribution in [1.29, 1.82) is 0 Å². The van der Waals surface area contributed by atoms with Gasteiger partial charge in [-0.2, -0.15) is 0 Å². The van der Waals surface area contributed by atoms with Crippen LogP contribution in [-0.2, 0) is 0 Å². The molecule has 0 bridgehead atoms. The monoisotopic (exact) mass is 260 g/mol. The highest BCUT2D eigenvalue weighted by molar-refractivity contribution is 5.69. The Bertz CT molecular complexity index is 596. The topological polar surface area (TPSA) is 0 Å². The van der Waals surface area contributed by atoms with Gasteiger partial charge in [0.15, 0.2) is 0 Å². The van der Waals surface area contributed by atoms with Crippen LogP contribution in [0.15, 0.2) is 30.3 Å². The number of halogens is 2. The summed E-state index contributed by atoms with van der Waals surface area (Å²) in [7, 11) is 0. The van der Waals surface area contributed by atoms with E-state index in [0.717, 1.165) is 16.7 Å². The second-order valence-electron chi connectivity index (χ2n) is 5.24. The summed E-state index contributed by atoms with van der Waals surface area (Å²) in [6.07, 6.45) is 0. The lowest BCUT2D eigenvalue weighted by Crippen LogP contribution is -2.00. The number of hydrogen-bond donors (Lipinski definition) is 0. The molecule has 0 N–H and O–H groups in total. The van der Waals surface area contributed by atoms with Crippen molar-refractivity contribution < 1.29 is 8.78 Å². The second kappa shape index (κ2) is 5.12. The zero-order chi connectivity index (χ0) is 14.2. The van der Waals surface area contributed by atoms with E-state index in [0.29, 0.717) is 11.1 Å². The van der Waals surface area contributed by atoms with E-state index >= 15 is 0 Å². The van der Waals surface area contributed by atoms with E-state index in [9.17, 15) is 8.78 Å². The smallest absolute Gasteiger partial charge is 0.129 e. The molecule has 2 aromatic carbocycles. The summed E-state index contributed by atoms with van der Waals surface area (Å²) in [5, 5.41) is 0. The maximum absolute atomic E-state index is 14.3. The summed E-state index contributed by atoms with van der Waals surface area (Å²) in [6, 6.07) is 8.21. The maximum atomic E-state index is 14.3. The van der Waals surface area contributed by atoms with E-state index in [1.807, 2.05) is 26.8 Å². The molecule has 0 unspecified atom stereocenters. The third kappa shape index (κ3) is 2.53. The predicted molar refractivity (Wildman–Crippen MR) is 75.4 cm³/mol. The lowest BCUT2D eigenvalue weighted by Gasteiger charge is -2.16. The van der Waals surface area contributed by atoms with Crippen molar-refractivity contribution in [2.24, 2.45) is 0 Å². The Labute approximate surface area is 113 Å². The second-order valence-corrected chi connectivity index (χ2v) is 5.24. The SMILES string of the molecule is Cc1c(-c2ccc(F)cc2)cc(C(C)C)c(C)c1F. The van der Waals surface area contributed by atoms with Gasteiger partial charge in [0, 0.05) is 0 Å². The van der Waals surface area contributed by atoms with Gasteiger partial charge >= 0.3 is 0 Å². The number of hydrogen-bond acceptors (Lipinski definition) is 0. The summed E-state index contributed by atoms with van der Waals surface area (Å²) < 4.78 is 27.3. The fourth-order valence-electron chi connectivity index (χ4n) is 2.43. The van der Waals surface area contributed by atoms with Gasteiger partial charge in [-0.3, -0.25) is 0 Å². The van der Waals surface area contributed by atoms with Gasteiger partial charge in [-0.25, -0.2) is 8.78 Å². The van der Waals surface area contributed by atoms with Crippen LogP contribution in [-0.4, -0.2) is 0 Å². The van der Waals surface area contributed by atoms with E-state index in [-0.39, 0.29) is 17.6 Å². The van der Waals surface area contributed by atoms with Gasteiger partial charge < -0.3 is 0 Å². The Kier molecular flexibility index (Phi) is 3.70. The van der Waals surface area contributed by atoms with Gasteiger partial charge in [0.2, 0.25) is 0 Å². The van der Waals surface area contributed by atoms with Crippen molar-refractivity contribution in [3.63, 3.8) is 0 Å². The third-order valence-corrected chi connectivity index (χ3v) is 3.57. The van der Waals surface area contributed by atoms with Crippen LogP contribution < -0.4 is 0 Å². The Morgan fingerprint density at radius 3 is 2.00 bits per heavy atom. The van der Waals surface area contributed by atoms with Crippen molar-refractivity contribution in [3.8, 4) is 11.1 Å². The Morgan fingerprint density at radius 2 is 1.47 bits per heavy atom. The molecule has 0 aliphatic rings. The van der Waals surface area contributed by atoms with Gasteiger partial charge in [0.05, 0.1) is 0 Å². The van der Waals surface area contributed by atoms with Crippen molar-refractivity contribution in [2.75, 3.05) is 0 Å². The highest BCUT2D eigenvalue weighted by atomic mass is 19.1. The molecule has 0 aromatic heterocycles. The van der Waals surface area contributed by atoms with Crippen molar-refractivity contribution in [1.82, 2.24) is 0 Å². The van der Waals surface area contributed by atoms with E-state index in [1.54, 1.807) is 19.1 Å². The first-order valence-electron chi connectivity index (χ1n) is 6.47. The molecule has 2 rings (SSSR count). The Hall–Kier alpha value is -1.70. The molecule has 2 aromatic rings. The van der Waals surface area contributed by atoms with Crippen molar-refractivity contribution >= 4 is 0 Å². The maximum Gasteiger partial charge on any atom is 0.129 e. The fourth-order valence-corrected chi connectivity index (χ4v) is 2.43. The molecule has 0 spiro atoms. The highest BCUT2D eigenvalue weighted by Gasteiger charge is 2.15. The lowest BCUT2D eigenvalue weighted by atomic mass is 9.89. The van der Waals surface area contributed by atoms with E-state index < -0.39 is 0 Å². The summed E-state index contributed by atoms with van der Waals surface area (Å²) in [4.78, 5) is 0. The zero-order valence-corrected chi connectivity index (χ0v) is 11.7. The van der Waals surface area contributed by atoms with Crippen molar-refractivity contribution in [2.45, 2.75) is 33.6 Å². The molecule has 0 saturated heterocycles. The molecule has 0 heterocycles.